The Hall–Kier alpha value is -2.27. The van der Waals surface area contributed by atoms with Gasteiger partial charge < -0.3 is 9.32 Å². The second kappa shape index (κ2) is 7.16. The van der Waals surface area contributed by atoms with E-state index in [1.54, 1.807) is 0 Å². The molecule has 1 fully saturated rings. The van der Waals surface area contributed by atoms with E-state index < -0.39 is 0 Å². The number of hydrogen-bond acceptors (Lipinski definition) is 4. The zero-order valence-electron chi connectivity index (χ0n) is 15.1. The fourth-order valence-corrected chi connectivity index (χ4v) is 4.46. The Bertz CT molecular complexity index is 897. The second-order valence-electron chi connectivity index (χ2n) is 6.90. The molecule has 1 aliphatic heterocycles. The number of fused-ring (bicyclic) bond motifs is 1. The van der Waals surface area contributed by atoms with E-state index in [0.29, 0.717) is 11.0 Å². The molecule has 0 radical (unpaired) electrons. The summed E-state index contributed by atoms with van der Waals surface area (Å²) in [6.45, 7) is 5.05. The zero-order chi connectivity index (χ0) is 18.1. The Kier molecular flexibility index (Phi) is 4.72. The van der Waals surface area contributed by atoms with Gasteiger partial charge in [-0.3, -0.25) is 4.79 Å². The van der Waals surface area contributed by atoms with E-state index in [1.165, 1.54) is 28.5 Å². The van der Waals surface area contributed by atoms with Crippen LogP contribution < -0.4 is 0 Å². The van der Waals surface area contributed by atoms with Gasteiger partial charge in [-0.05, 0) is 44.4 Å². The van der Waals surface area contributed by atoms with Gasteiger partial charge in [-0.2, -0.15) is 0 Å². The highest BCUT2D eigenvalue weighted by atomic mass is 32.2. The van der Waals surface area contributed by atoms with Crippen LogP contribution in [0.25, 0.3) is 11.1 Å². The smallest absolute Gasteiger partial charge is 0.257 e. The number of amides is 1. The monoisotopic (exact) mass is 366 g/mol. The molecule has 0 bridgehead atoms. The number of thioether (sulfide) groups is 1. The van der Waals surface area contributed by atoms with Gasteiger partial charge in [0, 0.05) is 6.54 Å². The normalized spacial score (nSPS) is 17.2. The highest BCUT2D eigenvalue weighted by Gasteiger charge is 2.30. The van der Waals surface area contributed by atoms with Crippen molar-refractivity contribution < 1.29 is 9.21 Å². The zero-order valence-corrected chi connectivity index (χ0v) is 15.9. The molecular formula is C21H22N2O2S. The van der Waals surface area contributed by atoms with Crippen LogP contribution in [-0.2, 0) is 4.79 Å². The molecule has 2 heterocycles. The molecular weight excluding hydrogens is 344 g/mol. The first-order chi connectivity index (χ1) is 12.6. The summed E-state index contributed by atoms with van der Waals surface area (Å²) in [5.74, 6) is 0.507. The Morgan fingerprint density at radius 3 is 2.77 bits per heavy atom. The summed E-state index contributed by atoms with van der Waals surface area (Å²) in [4.78, 5) is 19.3. The molecule has 1 unspecified atom stereocenters. The van der Waals surface area contributed by atoms with Gasteiger partial charge in [-0.25, -0.2) is 4.98 Å². The van der Waals surface area contributed by atoms with E-state index in [9.17, 15) is 4.79 Å². The topological polar surface area (TPSA) is 46.3 Å². The Labute approximate surface area is 157 Å². The van der Waals surface area contributed by atoms with Crippen LogP contribution in [0.5, 0.6) is 0 Å². The molecule has 0 aliphatic carbocycles. The average Bonchev–Trinajstić information content (AvgIpc) is 3.25. The summed E-state index contributed by atoms with van der Waals surface area (Å²) < 4.78 is 5.71. The largest absolute Gasteiger partial charge is 0.431 e. The first-order valence-corrected chi connectivity index (χ1v) is 9.95. The van der Waals surface area contributed by atoms with Crippen LogP contribution in [0.15, 0.2) is 52.1 Å². The number of oxazole rings is 1. The number of likely N-dealkylation sites (tertiary alicyclic amines) is 1. The fraction of sp³-hybridized carbons (Fsp3) is 0.333. The van der Waals surface area contributed by atoms with Crippen LogP contribution in [0, 0.1) is 13.8 Å². The van der Waals surface area contributed by atoms with Crippen LogP contribution in [-0.4, -0.2) is 28.1 Å². The minimum atomic E-state index is 0.152. The highest BCUT2D eigenvalue weighted by molar-refractivity contribution is 7.99. The lowest BCUT2D eigenvalue weighted by Gasteiger charge is -2.25. The van der Waals surface area contributed by atoms with E-state index in [2.05, 4.69) is 37.0 Å². The summed E-state index contributed by atoms with van der Waals surface area (Å²) >= 11 is 1.38. The third-order valence-corrected chi connectivity index (χ3v) is 5.61. The first-order valence-electron chi connectivity index (χ1n) is 8.96. The van der Waals surface area contributed by atoms with Gasteiger partial charge in [0.2, 0.25) is 5.91 Å². The number of para-hydroxylation sites is 2. The van der Waals surface area contributed by atoms with Gasteiger partial charge in [0.1, 0.15) is 5.52 Å². The standard InChI is InChI=1S/C21H22N2O2S/c1-14-10-15(2)12-16(11-14)18-7-5-9-23(18)20(24)13-26-21-22-17-6-3-4-8-19(17)25-21/h3-4,6,8,10-12,18H,5,7,9,13H2,1-2H3. The predicted octanol–water partition coefficient (Wildman–Crippen LogP) is 4.90. The fourth-order valence-electron chi connectivity index (χ4n) is 3.73. The molecule has 4 nitrogen and oxygen atoms in total. The number of rotatable bonds is 4. The molecule has 134 valence electrons. The van der Waals surface area contributed by atoms with E-state index in [1.807, 2.05) is 29.2 Å². The lowest BCUT2D eigenvalue weighted by atomic mass is 9.99. The predicted molar refractivity (Wildman–Crippen MR) is 104 cm³/mol. The summed E-state index contributed by atoms with van der Waals surface area (Å²) in [6, 6.07) is 14.4. The third-order valence-electron chi connectivity index (χ3n) is 4.80. The Balaban J connectivity index is 1.46. The Morgan fingerprint density at radius 2 is 2.00 bits per heavy atom. The minimum absolute atomic E-state index is 0.152. The van der Waals surface area contributed by atoms with E-state index in [-0.39, 0.29) is 11.9 Å². The maximum atomic E-state index is 12.8. The van der Waals surface area contributed by atoms with Gasteiger partial charge in [-0.1, -0.05) is 53.2 Å². The first kappa shape index (κ1) is 17.2. The number of benzene rings is 2. The molecule has 1 saturated heterocycles. The molecule has 3 aromatic rings. The van der Waals surface area contributed by atoms with Gasteiger partial charge >= 0.3 is 0 Å². The van der Waals surface area contributed by atoms with Crippen LogP contribution in [0.3, 0.4) is 0 Å². The van der Waals surface area contributed by atoms with Crippen molar-refractivity contribution in [3.8, 4) is 0 Å². The molecule has 0 saturated carbocycles. The second-order valence-corrected chi connectivity index (χ2v) is 7.83. The van der Waals surface area contributed by atoms with Gasteiger partial charge in [0.25, 0.3) is 5.22 Å². The maximum absolute atomic E-state index is 12.8. The number of nitrogens with zero attached hydrogens (tertiary/aromatic N) is 2. The molecule has 1 atom stereocenters. The molecule has 1 aliphatic rings. The number of hydrogen-bond donors (Lipinski definition) is 0. The van der Waals surface area contributed by atoms with E-state index in [4.69, 9.17) is 4.42 Å². The highest BCUT2D eigenvalue weighted by Crippen LogP contribution is 2.34. The van der Waals surface area contributed by atoms with Crippen molar-refractivity contribution in [2.75, 3.05) is 12.3 Å². The van der Waals surface area contributed by atoms with Gasteiger partial charge in [0.05, 0.1) is 11.8 Å². The Morgan fingerprint density at radius 1 is 1.23 bits per heavy atom. The van der Waals surface area contributed by atoms with Crippen LogP contribution >= 0.6 is 11.8 Å². The molecule has 4 rings (SSSR count). The summed E-state index contributed by atoms with van der Waals surface area (Å²) in [5.41, 5.74) is 5.34. The van der Waals surface area contributed by atoms with E-state index >= 15 is 0 Å². The molecule has 5 heteroatoms. The van der Waals surface area contributed by atoms with Crippen molar-refractivity contribution in [1.82, 2.24) is 9.88 Å². The molecule has 1 aromatic heterocycles. The van der Waals surface area contributed by atoms with E-state index in [0.717, 1.165) is 30.5 Å². The minimum Gasteiger partial charge on any atom is -0.431 e. The van der Waals surface area contributed by atoms with Crippen molar-refractivity contribution in [2.45, 2.75) is 38.0 Å². The lowest BCUT2D eigenvalue weighted by Crippen LogP contribution is -2.32. The third kappa shape index (κ3) is 3.49. The van der Waals surface area contributed by atoms with Crippen molar-refractivity contribution in [2.24, 2.45) is 0 Å². The number of carbonyl (C=O) groups is 1. The molecule has 26 heavy (non-hydrogen) atoms. The summed E-state index contributed by atoms with van der Waals surface area (Å²) in [7, 11) is 0. The van der Waals surface area contributed by atoms with Gasteiger partial charge in [0.15, 0.2) is 5.58 Å². The van der Waals surface area contributed by atoms with Crippen molar-refractivity contribution >= 4 is 28.8 Å². The molecule has 2 aromatic carbocycles. The molecule has 0 spiro atoms. The van der Waals surface area contributed by atoms with Gasteiger partial charge in [-0.15, -0.1) is 0 Å². The number of aromatic nitrogens is 1. The van der Waals surface area contributed by atoms with Crippen LogP contribution in [0.2, 0.25) is 0 Å². The molecule has 0 N–H and O–H groups in total. The van der Waals surface area contributed by atoms with Crippen LogP contribution in [0.4, 0.5) is 0 Å². The summed E-state index contributed by atoms with van der Waals surface area (Å²) in [5, 5.41) is 0.557. The van der Waals surface area contributed by atoms with Crippen molar-refractivity contribution in [3.63, 3.8) is 0 Å². The lowest BCUT2D eigenvalue weighted by molar-refractivity contribution is -0.129. The molecule has 1 amide bonds. The van der Waals surface area contributed by atoms with Crippen molar-refractivity contribution in [1.29, 1.82) is 0 Å². The van der Waals surface area contributed by atoms with Crippen molar-refractivity contribution in [3.05, 3.63) is 59.2 Å². The summed E-state index contributed by atoms with van der Waals surface area (Å²) in [6.07, 6.45) is 2.08. The number of aryl methyl sites for hydroxylation is 2. The quantitative estimate of drug-likeness (QED) is 0.616. The SMILES string of the molecule is Cc1cc(C)cc(C2CCCN2C(=O)CSc2nc3ccccc3o2)c1. The average molecular weight is 366 g/mol. The maximum Gasteiger partial charge on any atom is 0.257 e. The number of carbonyl (C=O) groups excluding carboxylic acids is 1. The van der Waals surface area contributed by atoms with Crippen LogP contribution in [0.1, 0.15) is 35.6 Å².